The molecule has 0 spiro atoms. The van der Waals surface area contributed by atoms with Crippen LogP contribution in [0.2, 0.25) is 5.28 Å². The molecule has 2 aromatic carbocycles. The largest absolute Gasteiger partial charge is 0.416 e. The molecule has 0 unspecified atom stereocenters. The average molecular weight is 309 g/mol. The molecule has 3 rings (SSSR count). The molecule has 21 heavy (non-hydrogen) atoms. The highest BCUT2D eigenvalue weighted by molar-refractivity contribution is 6.28. The summed E-state index contributed by atoms with van der Waals surface area (Å²) in [5.41, 5.74) is 1.02. The lowest BCUT2D eigenvalue weighted by Gasteiger charge is -2.09. The van der Waals surface area contributed by atoms with Crippen molar-refractivity contribution in [2.75, 3.05) is 0 Å². The van der Waals surface area contributed by atoms with Gasteiger partial charge in [-0.25, -0.2) is 9.97 Å². The van der Waals surface area contributed by atoms with Crippen LogP contribution in [0.15, 0.2) is 48.5 Å². The van der Waals surface area contributed by atoms with E-state index < -0.39 is 11.7 Å². The van der Waals surface area contributed by atoms with Crippen LogP contribution >= 0.6 is 11.6 Å². The summed E-state index contributed by atoms with van der Waals surface area (Å²) in [6.45, 7) is 0. The lowest BCUT2D eigenvalue weighted by molar-refractivity contribution is -0.137. The summed E-state index contributed by atoms with van der Waals surface area (Å²) in [6, 6.07) is 12.0. The highest BCUT2D eigenvalue weighted by Gasteiger charge is 2.30. The van der Waals surface area contributed by atoms with Gasteiger partial charge in [-0.3, -0.25) is 0 Å². The van der Waals surface area contributed by atoms with Gasteiger partial charge in [0, 0.05) is 10.9 Å². The predicted molar refractivity (Wildman–Crippen MR) is 75.0 cm³/mol. The van der Waals surface area contributed by atoms with Crippen LogP contribution in [-0.2, 0) is 6.18 Å². The van der Waals surface area contributed by atoms with E-state index in [1.807, 2.05) is 12.1 Å². The third kappa shape index (κ3) is 2.69. The van der Waals surface area contributed by atoms with Crippen molar-refractivity contribution in [3.05, 3.63) is 59.4 Å². The van der Waals surface area contributed by atoms with E-state index in [0.29, 0.717) is 16.8 Å². The topological polar surface area (TPSA) is 25.8 Å². The Morgan fingerprint density at radius 1 is 0.857 bits per heavy atom. The number of halogens is 4. The summed E-state index contributed by atoms with van der Waals surface area (Å²) in [6.07, 6.45) is -4.36. The average Bonchev–Trinajstić information content (AvgIpc) is 2.45. The maximum absolute atomic E-state index is 12.6. The van der Waals surface area contributed by atoms with Crippen LogP contribution in [0.3, 0.4) is 0 Å². The number of rotatable bonds is 1. The highest BCUT2D eigenvalue weighted by atomic mass is 35.5. The summed E-state index contributed by atoms with van der Waals surface area (Å²) in [5, 5.41) is 0.797. The fourth-order valence-corrected chi connectivity index (χ4v) is 2.26. The molecule has 0 aliphatic heterocycles. The molecule has 0 atom stereocenters. The van der Waals surface area contributed by atoms with Gasteiger partial charge in [-0.15, -0.1) is 0 Å². The van der Waals surface area contributed by atoms with Crippen molar-refractivity contribution in [2.45, 2.75) is 6.18 Å². The molecule has 3 aromatic rings. The van der Waals surface area contributed by atoms with Crippen LogP contribution in [0.25, 0.3) is 22.2 Å². The minimum atomic E-state index is -4.36. The van der Waals surface area contributed by atoms with E-state index in [9.17, 15) is 13.2 Å². The molecule has 0 fully saturated rings. The standard InChI is InChI=1S/C15H8ClF3N2/c16-14-20-12-4-2-1-3-11(12)13(21-14)9-5-7-10(8-6-9)15(17,18)19/h1-8H. The molecule has 0 aliphatic carbocycles. The van der Waals surface area contributed by atoms with Crippen LogP contribution in [0.4, 0.5) is 13.2 Å². The summed E-state index contributed by atoms with van der Waals surface area (Å²) >= 11 is 5.88. The van der Waals surface area contributed by atoms with Crippen LogP contribution in [0.1, 0.15) is 5.56 Å². The van der Waals surface area contributed by atoms with Gasteiger partial charge in [-0.2, -0.15) is 13.2 Å². The van der Waals surface area contributed by atoms with Gasteiger partial charge in [-0.05, 0) is 29.8 Å². The van der Waals surface area contributed by atoms with E-state index in [1.54, 1.807) is 12.1 Å². The summed E-state index contributed by atoms with van der Waals surface area (Å²) in [7, 11) is 0. The van der Waals surface area contributed by atoms with Crippen LogP contribution in [0, 0.1) is 0 Å². The van der Waals surface area contributed by atoms with Gasteiger partial charge in [0.05, 0.1) is 16.8 Å². The first-order chi connectivity index (χ1) is 9.95. The summed E-state index contributed by atoms with van der Waals surface area (Å²) in [5.74, 6) is 0. The van der Waals surface area contributed by atoms with E-state index in [1.165, 1.54) is 12.1 Å². The second-order valence-corrected chi connectivity index (χ2v) is 4.77. The molecule has 106 valence electrons. The second kappa shape index (κ2) is 5.00. The third-order valence-corrected chi connectivity index (χ3v) is 3.23. The molecule has 1 heterocycles. The molecule has 0 bridgehead atoms. The zero-order valence-electron chi connectivity index (χ0n) is 10.5. The SMILES string of the molecule is FC(F)(F)c1ccc(-c2nc(Cl)nc3ccccc23)cc1. The molecule has 1 aromatic heterocycles. The smallest absolute Gasteiger partial charge is 0.218 e. The highest BCUT2D eigenvalue weighted by Crippen LogP contribution is 2.32. The zero-order valence-corrected chi connectivity index (χ0v) is 11.3. The number of aromatic nitrogens is 2. The lowest BCUT2D eigenvalue weighted by Crippen LogP contribution is -2.04. The Labute approximate surface area is 123 Å². The Morgan fingerprint density at radius 3 is 2.19 bits per heavy atom. The predicted octanol–water partition coefficient (Wildman–Crippen LogP) is 4.97. The van der Waals surface area contributed by atoms with Crippen molar-refractivity contribution in [1.29, 1.82) is 0 Å². The first kappa shape index (κ1) is 13.8. The van der Waals surface area contributed by atoms with E-state index in [2.05, 4.69) is 9.97 Å². The monoisotopic (exact) mass is 308 g/mol. The van der Waals surface area contributed by atoms with Crippen molar-refractivity contribution in [1.82, 2.24) is 9.97 Å². The van der Waals surface area contributed by atoms with Gasteiger partial charge < -0.3 is 0 Å². The van der Waals surface area contributed by atoms with Gasteiger partial charge in [0.25, 0.3) is 0 Å². The maximum atomic E-state index is 12.6. The van der Waals surface area contributed by atoms with Crippen molar-refractivity contribution < 1.29 is 13.2 Å². The minimum absolute atomic E-state index is 0.0589. The molecule has 0 N–H and O–H groups in total. The lowest BCUT2D eigenvalue weighted by atomic mass is 10.0. The molecular weight excluding hydrogens is 301 g/mol. The van der Waals surface area contributed by atoms with Crippen molar-refractivity contribution in [3.63, 3.8) is 0 Å². The second-order valence-electron chi connectivity index (χ2n) is 4.43. The summed E-state index contributed by atoms with van der Waals surface area (Å²) in [4.78, 5) is 8.23. The number of nitrogens with zero attached hydrogens (tertiary/aromatic N) is 2. The molecule has 2 nitrogen and oxygen atoms in total. The number of para-hydroxylation sites is 1. The Bertz CT molecular complexity index is 798. The Morgan fingerprint density at radius 2 is 1.52 bits per heavy atom. The fraction of sp³-hybridized carbons (Fsp3) is 0.0667. The molecular formula is C15H8ClF3N2. The Balaban J connectivity index is 2.16. The number of hydrogen-bond acceptors (Lipinski definition) is 2. The molecule has 0 saturated carbocycles. The number of fused-ring (bicyclic) bond motifs is 1. The van der Waals surface area contributed by atoms with E-state index in [4.69, 9.17) is 11.6 Å². The Kier molecular flexibility index (Phi) is 3.29. The quantitative estimate of drug-likeness (QED) is 0.593. The van der Waals surface area contributed by atoms with Gasteiger partial charge in [-0.1, -0.05) is 30.3 Å². The van der Waals surface area contributed by atoms with Crippen LogP contribution in [-0.4, -0.2) is 9.97 Å². The van der Waals surface area contributed by atoms with Gasteiger partial charge >= 0.3 is 6.18 Å². The number of hydrogen-bond donors (Lipinski definition) is 0. The Hall–Kier alpha value is -2.14. The first-order valence-electron chi connectivity index (χ1n) is 6.05. The maximum Gasteiger partial charge on any atom is 0.416 e. The molecule has 0 saturated heterocycles. The van der Waals surface area contributed by atoms with Gasteiger partial charge in [0.1, 0.15) is 0 Å². The van der Waals surface area contributed by atoms with Crippen LogP contribution in [0.5, 0.6) is 0 Å². The van der Waals surface area contributed by atoms with Crippen molar-refractivity contribution in [3.8, 4) is 11.3 Å². The van der Waals surface area contributed by atoms with E-state index in [-0.39, 0.29) is 5.28 Å². The number of alkyl halides is 3. The minimum Gasteiger partial charge on any atom is -0.218 e. The van der Waals surface area contributed by atoms with E-state index in [0.717, 1.165) is 17.5 Å². The van der Waals surface area contributed by atoms with Crippen molar-refractivity contribution in [2.24, 2.45) is 0 Å². The van der Waals surface area contributed by atoms with Crippen LogP contribution < -0.4 is 0 Å². The molecule has 0 radical (unpaired) electrons. The normalized spacial score (nSPS) is 11.8. The molecule has 6 heteroatoms. The molecule has 0 amide bonds. The van der Waals surface area contributed by atoms with Gasteiger partial charge in [0.2, 0.25) is 5.28 Å². The zero-order chi connectivity index (χ0) is 15.0. The molecule has 0 aliphatic rings. The van der Waals surface area contributed by atoms with E-state index >= 15 is 0 Å². The van der Waals surface area contributed by atoms with Gasteiger partial charge in [0.15, 0.2) is 0 Å². The van der Waals surface area contributed by atoms with Crippen molar-refractivity contribution >= 4 is 22.5 Å². The summed E-state index contributed by atoms with van der Waals surface area (Å²) < 4.78 is 37.8. The first-order valence-corrected chi connectivity index (χ1v) is 6.43. The number of benzene rings is 2. The third-order valence-electron chi connectivity index (χ3n) is 3.06. The fourth-order valence-electron chi connectivity index (χ4n) is 2.09.